The highest BCUT2D eigenvalue weighted by Crippen LogP contribution is 2.40. The Morgan fingerprint density at radius 1 is 0.933 bits per heavy atom. The quantitative estimate of drug-likeness (QED) is 0.700. The fourth-order valence-electron chi connectivity index (χ4n) is 3.35. The summed E-state index contributed by atoms with van der Waals surface area (Å²) in [5.74, 6) is 1.78. The van der Waals surface area contributed by atoms with Crippen LogP contribution < -0.4 is 5.73 Å². The van der Waals surface area contributed by atoms with Crippen LogP contribution in [0.3, 0.4) is 0 Å². The molecule has 2 aliphatic rings. The number of nitrogens with two attached hydrogens (primary N) is 1. The first-order chi connectivity index (χ1) is 7.07. The van der Waals surface area contributed by atoms with Gasteiger partial charge in [0.25, 0.3) is 0 Å². The van der Waals surface area contributed by atoms with Gasteiger partial charge in [0.2, 0.25) is 0 Å². The van der Waals surface area contributed by atoms with E-state index in [9.17, 15) is 5.11 Å². The lowest BCUT2D eigenvalue weighted by atomic mass is 9.69. The molecule has 0 radical (unpaired) electrons. The zero-order valence-electron chi connectivity index (χ0n) is 9.91. The molecular weight excluding hydrogens is 186 g/mol. The van der Waals surface area contributed by atoms with E-state index in [0.29, 0.717) is 6.04 Å². The molecule has 0 aromatic rings. The Balaban J connectivity index is 1.80. The molecule has 2 fully saturated rings. The summed E-state index contributed by atoms with van der Waals surface area (Å²) in [6, 6.07) is 0.466. The smallest absolute Gasteiger partial charge is 0.0620 e. The second-order valence-electron chi connectivity index (χ2n) is 6.01. The monoisotopic (exact) mass is 211 g/mol. The van der Waals surface area contributed by atoms with E-state index in [1.165, 1.54) is 38.5 Å². The first kappa shape index (κ1) is 11.4. The van der Waals surface area contributed by atoms with Crippen molar-refractivity contribution in [2.24, 2.45) is 17.6 Å². The average molecular weight is 211 g/mol. The minimum Gasteiger partial charge on any atom is -0.390 e. The highest BCUT2D eigenvalue weighted by Gasteiger charge is 2.33. The molecule has 3 N–H and O–H groups in total. The van der Waals surface area contributed by atoms with E-state index in [1.54, 1.807) is 0 Å². The van der Waals surface area contributed by atoms with Gasteiger partial charge in [-0.05, 0) is 70.1 Å². The Labute approximate surface area is 93.2 Å². The van der Waals surface area contributed by atoms with Crippen molar-refractivity contribution in [2.75, 3.05) is 0 Å². The van der Waals surface area contributed by atoms with E-state index >= 15 is 0 Å². The lowest BCUT2D eigenvalue weighted by molar-refractivity contribution is -0.00460. The van der Waals surface area contributed by atoms with Crippen molar-refractivity contribution in [3.05, 3.63) is 0 Å². The maximum atomic E-state index is 9.91. The Morgan fingerprint density at radius 2 is 1.40 bits per heavy atom. The van der Waals surface area contributed by atoms with Gasteiger partial charge in [-0.1, -0.05) is 0 Å². The van der Waals surface area contributed by atoms with Crippen LogP contribution in [0.2, 0.25) is 0 Å². The summed E-state index contributed by atoms with van der Waals surface area (Å²) >= 11 is 0. The molecule has 2 nitrogen and oxygen atoms in total. The Bertz CT molecular complexity index is 197. The highest BCUT2D eigenvalue weighted by molar-refractivity contribution is 4.86. The Hall–Kier alpha value is -0.0800. The van der Waals surface area contributed by atoms with Gasteiger partial charge >= 0.3 is 0 Å². The number of hydrogen-bond donors (Lipinski definition) is 2. The zero-order valence-corrected chi connectivity index (χ0v) is 9.91. The van der Waals surface area contributed by atoms with Gasteiger partial charge in [-0.15, -0.1) is 0 Å². The Morgan fingerprint density at radius 3 is 1.93 bits per heavy atom. The third-order valence-electron chi connectivity index (χ3n) is 4.59. The summed E-state index contributed by atoms with van der Waals surface area (Å²) in [6.45, 7) is 1.99. The van der Waals surface area contributed by atoms with E-state index in [-0.39, 0.29) is 5.60 Å². The SMILES string of the molecule is CC1(O)CCC(C2CCC(N)CC2)CC1. The fourth-order valence-corrected chi connectivity index (χ4v) is 3.35. The van der Waals surface area contributed by atoms with Gasteiger partial charge < -0.3 is 10.8 Å². The van der Waals surface area contributed by atoms with E-state index in [4.69, 9.17) is 5.73 Å². The first-order valence-corrected chi connectivity index (χ1v) is 6.55. The standard InChI is InChI=1S/C13H25NO/c1-13(15)8-6-11(7-9-13)10-2-4-12(14)5-3-10/h10-12,15H,2-9,14H2,1H3. The molecule has 2 saturated carbocycles. The lowest BCUT2D eigenvalue weighted by Crippen LogP contribution is -2.35. The number of aliphatic hydroxyl groups is 1. The van der Waals surface area contributed by atoms with Crippen LogP contribution in [0, 0.1) is 11.8 Å². The van der Waals surface area contributed by atoms with E-state index in [1.807, 2.05) is 6.92 Å². The predicted octanol–water partition coefficient (Wildman–Crippen LogP) is 2.45. The second-order valence-corrected chi connectivity index (χ2v) is 6.01. The second kappa shape index (κ2) is 4.42. The fraction of sp³-hybridized carbons (Fsp3) is 1.00. The van der Waals surface area contributed by atoms with Crippen molar-refractivity contribution in [1.29, 1.82) is 0 Å². The maximum absolute atomic E-state index is 9.91. The minimum atomic E-state index is -0.373. The largest absolute Gasteiger partial charge is 0.390 e. The molecule has 0 spiro atoms. The molecule has 2 heteroatoms. The van der Waals surface area contributed by atoms with Crippen LogP contribution in [-0.4, -0.2) is 16.7 Å². The van der Waals surface area contributed by atoms with Gasteiger partial charge in [-0.25, -0.2) is 0 Å². The summed E-state index contributed by atoms with van der Waals surface area (Å²) < 4.78 is 0. The van der Waals surface area contributed by atoms with Crippen LogP contribution in [-0.2, 0) is 0 Å². The van der Waals surface area contributed by atoms with E-state index < -0.39 is 0 Å². The van der Waals surface area contributed by atoms with Gasteiger partial charge in [0, 0.05) is 6.04 Å². The molecule has 0 aliphatic heterocycles. The number of hydrogen-bond acceptors (Lipinski definition) is 2. The molecule has 15 heavy (non-hydrogen) atoms. The topological polar surface area (TPSA) is 46.2 Å². The van der Waals surface area contributed by atoms with Crippen LogP contribution in [0.15, 0.2) is 0 Å². The summed E-state index contributed by atoms with van der Waals surface area (Å²) in [5.41, 5.74) is 5.56. The van der Waals surface area contributed by atoms with Crippen LogP contribution in [0.4, 0.5) is 0 Å². The normalized spacial score (nSPS) is 47.8. The van der Waals surface area contributed by atoms with Crippen molar-refractivity contribution in [3.8, 4) is 0 Å². The maximum Gasteiger partial charge on any atom is 0.0620 e. The highest BCUT2D eigenvalue weighted by atomic mass is 16.3. The molecule has 2 rings (SSSR count). The molecule has 0 bridgehead atoms. The lowest BCUT2D eigenvalue weighted by Gasteiger charge is -2.39. The van der Waals surface area contributed by atoms with Crippen molar-refractivity contribution >= 4 is 0 Å². The van der Waals surface area contributed by atoms with Crippen LogP contribution in [0.25, 0.3) is 0 Å². The summed E-state index contributed by atoms with van der Waals surface area (Å²) in [7, 11) is 0. The first-order valence-electron chi connectivity index (χ1n) is 6.55. The van der Waals surface area contributed by atoms with Crippen molar-refractivity contribution in [2.45, 2.75) is 69.9 Å². The summed E-state index contributed by atoms with van der Waals surface area (Å²) in [4.78, 5) is 0. The van der Waals surface area contributed by atoms with Gasteiger partial charge in [-0.2, -0.15) is 0 Å². The third kappa shape index (κ3) is 2.94. The van der Waals surface area contributed by atoms with E-state index in [0.717, 1.165) is 24.7 Å². The molecule has 0 amide bonds. The molecule has 0 aromatic carbocycles. The molecule has 0 saturated heterocycles. The molecule has 0 atom stereocenters. The van der Waals surface area contributed by atoms with Crippen molar-refractivity contribution in [1.82, 2.24) is 0 Å². The van der Waals surface area contributed by atoms with Crippen molar-refractivity contribution < 1.29 is 5.11 Å². The molecular formula is C13H25NO. The molecule has 2 aliphatic carbocycles. The van der Waals surface area contributed by atoms with E-state index in [2.05, 4.69) is 0 Å². The molecule has 0 heterocycles. The van der Waals surface area contributed by atoms with Crippen LogP contribution >= 0.6 is 0 Å². The van der Waals surface area contributed by atoms with Gasteiger partial charge in [0.1, 0.15) is 0 Å². The minimum absolute atomic E-state index is 0.373. The van der Waals surface area contributed by atoms with Gasteiger partial charge in [-0.3, -0.25) is 0 Å². The van der Waals surface area contributed by atoms with Crippen LogP contribution in [0.5, 0.6) is 0 Å². The average Bonchev–Trinajstić information content (AvgIpc) is 2.20. The third-order valence-corrected chi connectivity index (χ3v) is 4.59. The summed E-state index contributed by atoms with van der Waals surface area (Å²) in [6.07, 6.45) is 9.55. The van der Waals surface area contributed by atoms with Crippen LogP contribution in [0.1, 0.15) is 58.3 Å². The van der Waals surface area contributed by atoms with Gasteiger partial charge in [0.05, 0.1) is 5.60 Å². The molecule has 88 valence electrons. The summed E-state index contributed by atoms with van der Waals surface area (Å²) in [5, 5.41) is 9.91. The van der Waals surface area contributed by atoms with Crippen molar-refractivity contribution in [3.63, 3.8) is 0 Å². The Kier molecular flexibility index (Phi) is 3.36. The van der Waals surface area contributed by atoms with Gasteiger partial charge in [0.15, 0.2) is 0 Å². The number of rotatable bonds is 1. The molecule has 0 aromatic heterocycles. The predicted molar refractivity (Wildman–Crippen MR) is 62.5 cm³/mol. The zero-order chi connectivity index (χ0) is 10.9. The molecule has 0 unspecified atom stereocenters.